The Labute approximate surface area is 462 Å². The van der Waals surface area contributed by atoms with Gasteiger partial charge < -0.3 is 80.6 Å². The SMILES string of the molecule is NC1=C(CNC2CCCC2)C(CCO[C@@H]2[C@H]3Oc4c(cc5c(c4OC[C@H](O)CC=O)C(=O)c4cc(CO)ccc4C5=O)[C@H](c4ccccc4N4CN[C@H]5C(=O)N[C@H](N)N[C@H]54)[C@H]4CC[C@@H](O)CC#C[C@](O)([C@H](COC4)O3)[C@H]2O)=CCN1. The number of amides is 1. The molecule has 3 bridgehead atoms. The van der Waals surface area contributed by atoms with Gasteiger partial charge in [-0.2, -0.15) is 0 Å². The van der Waals surface area contributed by atoms with Crippen LogP contribution in [0.4, 0.5) is 5.69 Å². The lowest BCUT2D eigenvalue weighted by Gasteiger charge is -2.47. The van der Waals surface area contributed by atoms with E-state index in [1.54, 1.807) is 12.1 Å². The molecule has 80 heavy (non-hydrogen) atoms. The smallest absolute Gasteiger partial charge is 0.242 e. The predicted octanol–water partition coefficient (Wildman–Crippen LogP) is -0.164. The van der Waals surface area contributed by atoms with Crippen LogP contribution < -0.4 is 52.4 Å². The van der Waals surface area contributed by atoms with Gasteiger partial charge in [0.05, 0.1) is 50.9 Å². The van der Waals surface area contributed by atoms with Gasteiger partial charge in [0.1, 0.15) is 55.5 Å². The summed E-state index contributed by atoms with van der Waals surface area (Å²) in [5.41, 5.74) is 13.8. The summed E-state index contributed by atoms with van der Waals surface area (Å²) < 4.78 is 33.9. The topological polar surface area (TPSA) is 331 Å². The number of ether oxygens (including phenoxy) is 5. The Morgan fingerprint density at radius 3 is 2.64 bits per heavy atom. The Morgan fingerprint density at radius 1 is 1.00 bits per heavy atom. The molecule has 0 radical (unpaired) electrons. The number of nitrogens with two attached hydrogens (primary N) is 2. The summed E-state index contributed by atoms with van der Waals surface area (Å²) in [6, 6.07) is 13.1. The molecule has 3 aromatic rings. The van der Waals surface area contributed by atoms with Gasteiger partial charge in [-0.15, -0.1) is 0 Å². The van der Waals surface area contributed by atoms with E-state index in [0.717, 1.165) is 36.8 Å². The first kappa shape index (κ1) is 55.6. The fourth-order valence-electron chi connectivity index (χ4n) is 12.6. The Bertz CT molecular complexity index is 3010. The number of nitrogens with one attached hydrogen (secondary N) is 5. The number of hydrogen-bond acceptors (Lipinski definition) is 21. The predicted molar refractivity (Wildman–Crippen MR) is 288 cm³/mol. The minimum atomic E-state index is -2.37. The highest BCUT2D eigenvalue weighted by Crippen LogP contribution is 2.52. The van der Waals surface area contributed by atoms with Gasteiger partial charge in [0.15, 0.2) is 28.7 Å². The summed E-state index contributed by atoms with van der Waals surface area (Å²) in [5.74, 6) is 2.69. The molecule has 22 nitrogen and oxygen atoms in total. The number of aldehydes is 1. The molecule has 12 atom stereocenters. The van der Waals surface area contributed by atoms with E-state index in [1.807, 2.05) is 35.2 Å². The van der Waals surface area contributed by atoms with Crippen LogP contribution in [-0.2, 0) is 30.4 Å². The van der Waals surface area contributed by atoms with Gasteiger partial charge in [0, 0.05) is 71.4 Å². The number of carbonyl (C=O) groups is 4. The van der Waals surface area contributed by atoms with Crippen LogP contribution in [0.2, 0.25) is 0 Å². The highest BCUT2D eigenvalue weighted by Gasteiger charge is 2.57. The van der Waals surface area contributed by atoms with Crippen molar-refractivity contribution in [2.75, 3.05) is 51.1 Å². The highest BCUT2D eigenvalue weighted by atomic mass is 16.7. The van der Waals surface area contributed by atoms with Crippen LogP contribution in [0.15, 0.2) is 71.6 Å². The van der Waals surface area contributed by atoms with Gasteiger partial charge >= 0.3 is 0 Å². The number of fused-ring (bicyclic) bond motifs is 8. The molecule has 3 saturated heterocycles. The van der Waals surface area contributed by atoms with Gasteiger partial charge in [-0.05, 0) is 79.0 Å². The lowest BCUT2D eigenvalue weighted by molar-refractivity contribution is -0.308. The molecule has 6 heterocycles. The molecule has 1 amide bonds. The average Bonchev–Trinajstić information content (AvgIpc) is 3.41. The molecule has 0 aromatic heterocycles. The molecule has 1 saturated carbocycles. The number of para-hydroxylation sites is 1. The molecular weight excluding hydrogens is 1030 g/mol. The number of benzene rings is 3. The number of aliphatic hydroxyl groups is 5. The number of dihydropyridines is 1. The first-order valence-electron chi connectivity index (χ1n) is 27.7. The molecule has 0 unspecified atom stereocenters. The molecule has 4 fully saturated rings. The number of carbonyl (C=O) groups excluding carboxylic acids is 4. The largest absolute Gasteiger partial charge is 0.486 e. The normalized spacial score (nSPS) is 30.7. The van der Waals surface area contributed by atoms with Crippen molar-refractivity contribution in [1.82, 2.24) is 26.6 Å². The maximum absolute atomic E-state index is 15.3. The van der Waals surface area contributed by atoms with E-state index in [2.05, 4.69) is 38.4 Å². The summed E-state index contributed by atoms with van der Waals surface area (Å²) in [4.78, 5) is 57.7. The summed E-state index contributed by atoms with van der Waals surface area (Å²) in [5, 5.41) is 74.8. The van der Waals surface area contributed by atoms with Crippen LogP contribution in [-0.4, -0.2) is 162 Å². The van der Waals surface area contributed by atoms with Crippen LogP contribution in [0, 0.1) is 17.8 Å². The quantitative estimate of drug-likeness (QED) is 0.0543. The van der Waals surface area contributed by atoms with Crippen LogP contribution in [0.25, 0.3) is 0 Å². The summed E-state index contributed by atoms with van der Waals surface area (Å²) >= 11 is 0. The maximum atomic E-state index is 15.3. The van der Waals surface area contributed by atoms with E-state index >= 15 is 9.59 Å². The molecule has 426 valence electrons. The van der Waals surface area contributed by atoms with Crippen LogP contribution >= 0.6 is 0 Å². The van der Waals surface area contributed by atoms with E-state index in [4.69, 9.17) is 35.2 Å². The number of anilines is 1. The third kappa shape index (κ3) is 10.7. The number of rotatable bonds is 15. The van der Waals surface area contributed by atoms with Crippen molar-refractivity contribution < 1.29 is 68.4 Å². The van der Waals surface area contributed by atoms with E-state index in [-0.39, 0.29) is 97.4 Å². The van der Waals surface area contributed by atoms with Crippen LogP contribution in [0.3, 0.4) is 0 Å². The zero-order chi connectivity index (χ0) is 55.8. The minimum Gasteiger partial charge on any atom is -0.486 e. The highest BCUT2D eigenvalue weighted by molar-refractivity contribution is 6.29. The van der Waals surface area contributed by atoms with Crippen molar-refractivity contribution in [3.63, 3.8) is 0 Å². The summed E-state index contributed by atoms with van der Waals surface area (Å²) in [7, 11) is 0. The second-order valence-electron chi connectivity index (χ2n) is 21.9. The van der Waals surface area contributed by atoms with Gasteiger partial charge in [-0.1, -0.05) is 55.0 Å². The maximum Gasteiger partial charge on any atom is 0.242 e. The Kier molecular flexibility index (Phi) is 16.4. The molecule has 6 aliphatic heterocycles. The van der Waals surface area contributed by atoms with E-state index < -0.39 is 97.5 Å². The third-order valence-electron chi connectivity index (χ3n) is 16.8. The number of hydrogen-bond donors (Lipinski definition) is 12. The second kappa shape index (κ2) is 23.7. The third-order valence-corrected chi connectivity index (χ3v) is 16.8. The number of aliphatic hydroxyl groups excluding tert-OH is 4. The minimum absolute atomic E-state index is 0.0308. The van der Waals surface area contributed by atoms with Crippen LogP contribution in [0.5, 0.6) is 11.5 Å². The van der Waals surface area contributed by atoms with E-state index in [1.165, 1.54) is 12.1 Å². The zero-order valence-corrected chi connectivity index (χ0v) is 44.2. The summed E-state index contributed by atoms with van der Waals surface area (Å²) in [6.45, 7) is -0.307. The fraction of sp³-hybridized carbons (Fsp3) is 0.517. The number of nitrogens with zero attached hydrogens (tertiary/aromatic N) is 1. The molecule has 14 N–H and O–H groups in total. The molecular formula is C58H70N8O14. The van der Waals surface area contributed by atoms with E-state index in [0.29, 0.717) is 54.5 Å². The van der Waals surface area contributed by atoms with Crippen molar-refractivity contribution in [3.05, 3.63) is 111 Å². The first-order chi connectivity index (χ1) is 38.8. The molecule has 11 rings (SSSR count). The first-order valence-corrected chi connectivity index (χ1v) is 27.7. The van der Waals surface area contributed by atoms with Crippen molar-refractivity contribution >= 4 is 29.4 Å². The Balaban J connectivity index is 1.10. The standard InChI is InChI=1S/C58H70N8O14/c59-53-41(24-62-33-6-1-2-7-33)31(15-19-61-53)17-21-77-51-52(73)58(75)18-5-8-34(69)13-12-32-26-76-28-43(58)79-56(51)80-49-40(44(32)37-9-3-4-10-42(37)66-29-63-46-54(66)64-57(60)65-55(46)74)23-39-45(50(49)78-27-35(70)16-20-67)48(72)38-22-30(25-68)11-14-36(38)47(39)71/h3-4,9-11,14-15,20,22-23,32-35,43-44,46,51-52,54,56-57,61-64,68-70,73,75H,1-2,6-8,12-13,16-17,19,21,24-29,59-60H2,(H,65,74)/t32-,34-,35+,43-,44-,46+,51-,52-,54-,56+,57+,58-/m0/s1. The van der Waals surface area contributed by atoms with E-state index in [9.17, 15) is 35.1 Å². The number of ketones is 2. The Hall–Kier alpha value is -6.30. The van der Waals surface area contributed by atoms with Gasteiger partial charge in [-0.25, -0.2) is 0 Å². The molecule has 22 heteroatoms. The molecule has 3 aromatic carbocycles. The van der Waals surface area contributed by atoms with Crippen molar-refractivity contribution in [2.24, 2.45) is 17.4 Å². The van der Waals surface area contributed by atoms with Crippen LogP contribution in [0.1, 0.15) is 112 Å². The molecule has 8 aliphatic rings. The lowest BCUT2D eigenvalue weighted by Crippen LogP contribution is -2.70. The lowest BCUT2D eigenvalue weighted by atomic mass is 9.74. The van der Waals surface area contributed by atoms with Crippen molar-refractivity contribution in [3.8, 4) is 23.3 Å². The fourth-order valence-corrected chi connectivity index (χ4v) is 12.6. The second-order valence-corrected chi connectivity index (χ2v) is 21.9. The summed E-state index contributed by atoms with van der Waals surface area (Å²) in [6.07, 6.45) is -3.25. The average molecular weight is 1100 g/mol. The van der Waals surface area contributed by atoms with Gasteiger partial charge in [0.2, 0.25) is 12.2 Å². The molecule has 0 spiro atoms. The van der Waals surface area contributed by atoms with Gasteiger partial charge in [0.25, 0.3) is 0 Å². The Morgan fingerprint density at radius 2 is 1.82 bits per heavy atom. The molecule has 2 aliphatic carbocycles. The zero-order valence-electron chi connectivity index (χ0n) is 44.2. The monoisotopic (exact) mass is 1100 g/mol. The van der Waals surface area contributed by atoms with Gasteiger partial charge in [-0.3, -0.25) is 30.8 Å². The van der Waals surface area contributed by atoms with Crippen molar-refractivity contribution in [2.45, 2.75) is 137 Å². The van der Waals surface area contributed by atoms with Crippen molar-refractivity contribution in [1.29, 1.82) is 0 Å².